The maximum Gasteiger partial charge on any atom is 0.274 e. The monoisotopic (exact) mass is 463 g/mol. The predicted octanol–water partition coefficient (Wildman–Crippen LogP) is 3.30. The third-order valence-corrected chi connectivity index (χ3v) is 6.23. The number of hydrogen-bond donors (Lipinski definition) is 1. The van der Waals surface area contributed by atoms with E-state index in [1.165, 1.54) is 0 Å². The summed E-state index contributed by atoms with van der Waals surface area (Å²) >= 11 is 0. The molecule has 1 N–H and O–H groups in total. The molecule has 2 heterocycles. The predicted molar refractivity (Wildman–Crippen MR) is 130 cm³/mol. The third kappa shape index (κ3) is 6.01. The number of nitrogens with zero attached hydrogens (tertiary/aromatic N) is 4. The molecule has 2 aromatic carbocycles. The van der Waals surface area contributed by atoms with Crippen LogP contribution in [0.2, 0.25) is 0 Å². The first-order valence-electron chi connectivity index (χ1n) is 11.8. The van der Waals surface area contributed by atoms with Crippen LogP contribution in [-0.2, 0) is 11.3 Å². The Morgan fingerprint density at radius 2 is 1.97 bits per heavy atom. The standard InChI is InChI=1S/C26H33N5O3/c1-19-6-4-8-23(16-19)31-20(2)25(28-29-31)26(32)27-18-21-7-5-9-24(17-21)34-15-12-30(3)22-10-13-33-14-11-22/h4-9,16-17,22H,10-15,18H2,1-3H3,(H,27,32). The summed E-state index contributed by atoms with van der Waals surface area (Å²) in [6, 6.07) is 16.3. The summed E-state index contributed by atoms with van der Waals surface area (Å²) in [5.74, 6) is 0.550. The number of benzene rings is 2. The molecule has 0 saturated carbocycles. The van der Waals surface area contributed by atoms with Crippen molar-refractivity contribution in [2.24, 2.45) is 0 Å². The van der Waals surface area contributed by atoms with E-state index in [1.54, 1.807) is 4.68 Å². The maximum atomic E-state index is 12.8. The molecular formula is C26H33N5O3. The van der Waals surface area contributed by atoms with E-state index in [0.29, 0.717) is 30.6 Å². The fourth-order valence-corrected chi connectivity index (χ4v) is 4.17. The Hall–Kier alpha value is -3.23. The summed E-state index contributed by atoms with van der Waals surface area (Å²) in [5, 5.41) is 11.2. The zero-order valence-corrected chi connectivity index (χ0v) is 20.2. The Morgan fingerprint density at radius 3 is 2.76 bits per heavy atom. The average molecular weight is 464 g/mol. The van der Waals surface area contributed by atoms with E-state index in [0.717, 1.165) is 55.2 Å². The number of likely N-dealkylation sites (N-methyl/N-ethyl adjacent to an activating group) is 1. The second kappa shape index (κ2) is 11.3. The molecule has 0 unspecified atom stereocenters. The van der Waals surface area contributed by atoms with Crippen LogP contribution in [0, 0.1) is 13.8 Å². The van der Waals surface area contributed by atoms with E-state index < -0.39 is 0 Å². The topological polar surface area (TPSA) is 81.5 Å². The van der Waals surface area contributed by atoms with Crippen LogP contribution in [0.25, 0.3) is 5.69 Å². The SMILES string of the molecule is Cc1cccc(-n2nnc(C(=O)NCc3cccc(OCCN(C)C4CCOCC4)c3)c2C)c1. The molecule has 8 heteroatoms. The number of nitrogens with one attached hydrogen (secondary N) is 1. The van der Waals surface area contributed by atoms with Gasteiger partial charge in [0.05, 0.1) is 11.4 Å². The largest absolute Gasteiger partial charge is 0.492 e. The molecule has 0 radical (unpaired) electrons. The molecule has 3 aromatic rings. The molecule has 0 spiro atoms. The summed E-state index contributed by atoms with van der Waals surface area (Å²) in [4.78, 5) is 15.1. The molecule has 1 aromatic heterocycles. The van der Waals surface area contributed by atoms with Crippen LogP contribution in [0.1, 0.15) is 40.2 Å². The molecule has 0 atom stereocenters. The fraction of sp³-hybridized carbons (Fsp3) is 0.423. The summed E-state index contributed by atoms with van der Waals surface area (Å²) in [5.41, 5.74) is 4.00. The lowest BCUT2D eigenvalue weighted by atomic mass is 10.1. The molecule has 1 saturated heterocycles. The zero-order valence-electron chi connectivity index (χ0n) is 20.2. The number of ether oxygens (including phenoxy) is 2. The van der Waals surface area contributed by atoms with Crippen molar-refractivity contribution in [1.82, 2.24) is 25.2 Å². The number of aryl methyl sites for hydroxylation is 1. The first-order valence-corrected chi connectivity index (χ1v) is 11.8. The minimum Gasteiger partial charge on any atom is -0.492 e. The third-order valence-electron chi connectivity index (χ3n) is 6.23. The van der Waals surface area contributed by atoms with Gasteiger partial charge in [-0.25, -0.2) is 4.68 Å². The lowest BCUT2D eigenvalue weighted by Gasteiger charge is -2.31. The van der Waals surface area contributed by atoms with Crippen molar-refractivity contribution in [3.05, 3.63) is 71.0 Å². The molecule has 1 aliphatic rings. The first-order chi connectivity index (χ1) is 16.5. The van der Waals surface area contributed by atoms with E-state index in [2.05, 4.69) is 27.6 Å². The highest BCUT2D eigenvalue weighted by molar-refractivity contribution is 5.93. The van der Waals surface area contributed by atoms with Gasteiger partial charge >= 0.3 is 0 Å². The number of aromatic nitrogens is 3. The number of carbonyl (C=O) groups is 1. The van der Waals surface area contributed by atoms with Crippen molar-refractivity contribution in [2.45, 2.75) is 39.3 Å². The van der Waals surface area contributed by atoms with E-state index in [4.69, 9.17) is 9.47 Å². The molecule has 34 heavy (non-hydrogen) atoms. The van der Waals surface area contributed by atoms with E-state index in [-0.39, 0.29) is 5.91 Å². The normalized spacial score (nSPS) is 14.4. The summed E-state index contributed by atoms with van der Waals surface area (Å²) in [6.45, 7) is 7.41. The quantitative estimate of drug-likeness (QED) is 0.524. The maximum absolute atomic E-state index is 12.8. The van der Waals surface area contributed by atoms with E-state index >= 15 is 0 Å². The van der Waals surface area contributed by atoms with E-state index in [9.17, 15) is 4.79 Å². The van der Waals surface area contributed by atoms with Gasteiger partial charge in [-0.15, -0.1) is 5.10 Å². The molecule has 1 fully saturated rings. The zero-order chi connectivity index (χ0) is 23.9. The van der Waals surface area contributed by atoms with Crippen LogP contribution in [0.15, 0.2) is 48.5 Å². The summed E-state index contributed by atoms with van der Waals surface area (Å²) in [6.07, 6.45) is 2.15. The number of carbonyl (C=O) groups excluding carboxylic acids is 1. The van der Waals surface area contributed by atoms with Crippen molar-refractivity contribution in [1.29, 1.82) is 0 Å². The van der Waals surface area contributed by atoms with Crippen molar-refractivity contribution in [2.75, 3.05) is 33.4 Å². The minimum absolute atomic E-state index is 0.249. The first kappa shape index (κ1) is 23.9. The molecule has 1 amide bonds. The number of amides is 1. The Labute approximate surface area is 200 Å². The van der Waals surface area contributed by atoms with Gasteiger partial charge in [-0.2, -0.15) is 0 Å². The Balaban J connectivity index is 1.29. The van der Waals surface area contributed by atoms with Gasteiger partial charge in [-0.05, 0) is 69.1 Å². The van der Waals surface area contributed by atoms with Crippen LogP contribution in [0.5, 0.6) is 5.75 Å². The highest BCUT2D eigenvalue weighted by Crippen LogP contribution is 2.16. The van der Waals surface area contributed by atoms with Gasteiger partial charge in [-0.3, -0.25) is 9.69 Å². The second-order valence-electron chi connectivity index (χ2n) is 8.78. The number of hydrogen-bond acceptors (Lipinski definition) is 6. The van der Waals surface area contributed by atoms with Gasteiger partial charge in [0.2, 0.25) is 0 Å². The Kier molecular flexibility index (Phi) is 7.92. The Morgan fingerprint density at radius 1 is 1.18 bits per heavy atom. The van der Waals surface area contributed by atoms with Crippen molar-refractivity contribution >= 4 is 5.91 Å². The average Bonchev–Trinajstić information content (AvgIpc) is 3.24. The molecule has 4 rings (SSSR count). The molecule has 1 aliphatic heterocycles. The van der Waals surface area contributed by atoms with Crippen LogP contribution in [0.3, 0.4) is 0 Å². The van der Waals surface area contributed by atoms with E-state index in [1.807, 2.05) is 62.4 Å². The van der Waals surface area contributed by atoms with Gasteiger partial charge in [0.1, 0.15) is 12.4 Å². The van der Waals surface area contributed by atoms with Crippen LogP contribution < -0.4 is 10.1 Å². The smallest absolute Gasteiger partial charge is 0.274 e. The van der Waals surface area contributed by atoms with Gasteiger partial charge < -0.3 is 14.8 Å². The highest BCUT2D eigenvalue weighted by Gasteiger charge is 2.19. The van der Waals surface area contributed by atoms with Gasteiger partial charge in [0.15, 0.2) is 5.69 Å². The van der Waals surface area contributed by atoms with Crippen LogP contribution in [0.4, 0.5) is 0 Å². The lowest BCUT2D eigenvalue weighted by molar-refractivity contribution is 0.0392. The van der Waals surface area contributed by atoms with Crippen molar-refractivity contribution < 1.29 is 14.3 Å². The summed E-state index contributed by atoms with van der Waals surface area (Å²) < 4.78 is 13.1. The second-order valence-corrected chi connectivity index (χ2v) is 8.78. The minimum atomic E-state index is -0.249. The molecule has 0 aliphatic carbocycles. The molecule has 8 nitrogen and oxygen atoms in total. The van der Waals surface area contributed by atoms with Gasteiger partial charge in [-0.1, -0.05) is 29.5 Å². The van der Waals surface area contributed by atoms with Crippen molar-refractivity contribution in [3.8, 4) is 11.4 Å². The Bertz CT molecular complexity index is 1110. The fourth-order valence-electron chi connectivity index (χ4n) is 4.17. The molecule has 0 bridgehead atoms. The molecular weight excluding hydrogens is 430 g/mol. The number of rotatable bonds is 9. The van der Waals surface area contributed by atoms with Gasteiger partial charge in [0, 0.05) is 32.3 Å². The van der Waals surface area contributed by atoms with Crippen LogP contribution >= 0.6 is 0 Å². The van der Waals surface area contributed by atoms with Gasteiger partial charge in [0.25, 0.3) is 5.91 Å². The highest BCUT2D eigenvalue weighted by atomic mass is 16.5. The lowest BCUT2D eigenvalue weighted by Crippen LogP contribution is -2.38. The van der Waals surface area contributed by atoms with Crippen LogP contribution in [-0.4, -0.2) is 65.3 Å². The van der Waals surface area contributed by atoms with Crippen molar-refractivity contribution in [3.63, 3.8) is 0 Å². The summed E-state index contributed by atoms with van der Waals surface area (Å²) in [7, 11) is 2.14. The molecule has 180 valence electrons.